The first-order valence-electron chi connectivity index (χ1n) is 15.7. The van der Waals surface area contributed by atoms with E-state index in [4.69, 9.17) is 28.4 Å². The van der Waals surface area contributed by atoms with Crippen LogP contribution in [0.3, 0.4) is 0 Å². The second kappa shape index (κ2) is 18.3. The third kappa shape index (κ3) is 10.0. The van der Waals surface area contributed by atoms with Crippen LogP contribution in [0.4, 0.5) is 0 Å². The van der Waals surface area contributed by atoms with Gasteiger partial charge in [0.1, 0.15) is 31.0 Å². The van der Waals surface area contributed by atoms with Crippen LogP contribution >= 0.6 is 0 Å². The zero-order valence-electron chi connectivity index (χ0n) is 26.5. The van der Waals surface area contributed by atoms with Gasteiger partial charge in [0.05, 0.1) is 25.0 Å². The molecular formula is C30H52O14. The number of aliphatic hydroxyl groups excluding tert-OH is 5. The van der Waals surface area contributed by atoms with E-state index in [2.05, 4.69) is 6.92 Å². The zero-order valence-corrected chi connectivity index (χ0v) is 26.5. The van der Waals surface area contributed by atoms with Crippen molar-refractivity contribution in [3.63, 3.8) is 0 Å². The van der Waals surface area contributed by atoms with Crippen molar-refractivity contribution in [2.45, 2.75) is 141 Å². The maximum absolute atomic E-state index is 13.0. The molecule has 2 rings (SSSR count). The summed E-state index contributed by atoms with van der Waals surface area (Å²) in [6.45, 7) is 5.79. The van der Waals surface area contributed by atoms with Crippen molar-refractivity contribution < 1.29 is 68.3 Å². The van der Waals surface area contributed by atoms with E-state index in [1.54, 1.807) is 27.7 Å². The van der Waals surface area contributed by atoms with E-state index in [-0.39, 0.29) is 6.42 Å². The summed E-state index contributed by atoms with van der Waals surface area (Å²) in [6, 6.07) is 0. The molecule has 9 atom stereocenters. The van der Waals surface area contributed by atoms with Crippen LogP contribution in [0.25, 0.3) is 0 Å². The van der Waals surface area contributed by atoms with E-state index < -0.39 is 104 Å². The minimum absolute atomic E-state index is 0.00292. The van der Waals surface area contributed by atoms with Crippen LogP contribution < -0.4 is 0 Å². The van der Waals surface area contributed by atoms with Gasteiger partial charge in [0.25, 0.3) is 0 Å². The summed E-state index contributed by atoms with van der Waals surface area (Å²) in [5.41, 5.74) is 0. The number of rotatable bonds is 18. The molecule has 2 aliphatic rings. The molecule has 44 heavy (non-hydrogen) atoms. The van der Waals surface area contributed by atoms with Gasteiger partial charge < -0.3 is 54.0 Å². The monoisotopic (exact) mass is 636 g/mol. The number of ether oxygens (including phenoxy) is 6. The number of hydrogen-bond acceptors (Lipinski definition) is 14. The van der Waals surface area contributed by atoms with Gasteiger partial charge >= 0.3 is 17.9 Å². The van der Waals surface area contributed by atoms with Gasteiger partial charge in [-0.25, -0.2) is 0 Å². The lowest BCUT2D eigenvalue weighted by molar-refractivity contribution is -0.384. The standard InChI is InChI=1S/C30H52O14/c1-6-7-8-9-10-11-12-13-21(34)40-25-24(41-27(37)17(2)3)22(35)19(14-31)39-29(25)44-30(16-33)26(42-28(38)18(4)5)23(36)20(15-32)43-30/h17-20,22-26,29,31-33,35-36H,6-16H2,1-5H3/t19-,20-,22+,23+,24-,25-,26+,29+,30+/m0/s1. The molecule has 5 N–H and O–H groups in total. The van der Waals surface area contributed by atoms with Gasteiger partial charge in [-0.3, -0.25) is 14.4 Å². The maximum atomic E-state index is 13.0. The Balaban J connectivity index is 2.38. The molecule has 14 nitrogen and oxygen atoms in total. The van der Waals surface area contributed by atoms with Crippen molar-refractivity contribution in [3.8, 4) is 0 Å². The lowest BCUT2D eigenvalue weighted by atomic mass is 9.97. The largest absolute Gasteiger partial charge is 0.455 e. The first-order chi connectivity index (χ1) is 20.8. The minimum atomic E-state index is -2.35. The van der Waals surface area contributed by atoms with Gasteiger partial charge in [0, 0.05) is 6.42 Å². The molecule has 0 saturated carbocycles. The first kappa shape index (κ1) is 38.3. The van der Waals surface area contributed by atoms with Crippen LogP contribution in [0.1, 0.15) is 86.0 Å². The van der Waals surface area contributed by atoms with Crippen LogP contribution in [0.5, 0.6) is 0 Å². The number of hydrogen-bond donors (Lipinski definition) is 5. The topological polar surface area (TPSA) is 208 Å². The van der Waals surface area contributed by atoms with E-state index in [9.17, 15) is 39.9 Å². The Labute approximate surface area is 258 Å². The highest BCUT2D eigenvalue weighted by Gasteiger charge is 2.62. The summed E-state index contributed by atoms with van der Waals surface area (Å²) >= 11 is 0. The molecule has 0 aromatic rings. The van der Waals surface area contributed by atoms with E-state index in [0.29, 0.717) is 6.42 Å². The molecule has 0 amide bonds. The third-order valence-corrected chi connectivity index (χ3v) is 7.68. The molecular weight excluding hydrogens is 584 g/mol. The Morgan fingerprint density at radius 2 is 1.32 bits per heavy atom. The predicted molar refractivity (Wildman–Crippen MR) is 153 cm³/mol. The van der Waals surface area contributed by atoms with Crippen LogP contribution in [0.2, 0.25) is 0 Å². The number of carbonyl (C=O) groups is 3. The van der Waals surface area contributed by atoms with Crippen LogP contribution in [-0.4, -0.2) is 118 Å². The highest BCUT2D eigenvalue weighted by atomic mass is 16.8. The summed E-state index contributed by atoms with van der Waals surface area (Å²) < 4.78 is 34.0. The fourth-order valence-electron chi connectivity index (χ4n) is 4.97. The summed E-state index contributed by atoms with van der Waals surface area (Å²) in [5, 5.41) is 52.0. The molecule has 2 heterocycles. The molecule has 256 valence electrons. The molecule has 0 unspecified atom stereocenters. The smallest absolute Gasteiger partial charge is 0.308 e. The van der Waals surface area contributed by atoms with Gasteiger partial charge in [-0.2, -0.15) is 0 Å². The van der Waals surface area contributed by atoms with Crippen molar-refractivity contribution in [2.75, 3.05) is 19.8 Å². The average molecular weight is 637 g/mol. The molecule has 0 aromatic carbocycles. The Hall–Kier alpha value is -1.91. The molecule has 0 aliphatic carbocycles. The average Bonchev–Trinajstić information content (AvgIpc) is 3.25. The van der Waals surface area contributed by atoms with E-state index in [1.165, 1.54) is 0 Å². The fraction of sp³-hybridized carbons (Fsp3) is 0.900. The highest BCUT2D eigenvalue weighted by Crippen LogP contribution is 2.39. The Bertz CT molecular complexity index is 897. The molecule has 2 aliphatic heterocycles. The SMILES string of the molecule is CCCCCCCCCC(=O)O[C@@H]1[C@@H](O[C@@]2(CO)O[C@@H](CO)[C@@H](O)[C@H]2OC(=O)C(C)C)O[C@@H](CO)[C@@H](O)[C@@H]1OC(=O)C(C)C. The number of esters is 3. The summed E-state index contributed by atoms with van der Waals surface area (Å²) in [7, 11) is 0. The third-order valence-electron chi connectivity index (χ3n) is 7.68. The quantitative estimate of drug-likeness (QED) is 0.0798. The maximum Gasteiger partial charge on any atom is 0.308 e. The van der Waals surface area contributed by atoms with Crippen LogP contribution in [-0.2, 0) is 42.8 Å². The molecule has 14 heteroatoms. The Morgan fingerprint density at radius 3 is 1.86 bits per heavy atom. The Kier molecular flexibility index (Phi) is 15.9. The Morgan fingerprint density at radius 1 is 0.750 bits per heavy atom. The number of unbranched alkanes of at least 4 members (excludes halogenated alkanes) is 6. The van der Waals surface area contributed by atoms with Crippen molar-refractivity contribution in [1.29, 1.82) is 0 Å². The molecule has 0 aromatic heterocycles. The lowest BCUT2D eigenvalue weighted by Gasteiger charge is -2.45. The molecule has 2 saturated heterocycles. The summed E-state index contributed by atoms with van der Waals surface area (Å²) in [5.74, 6) is -5.85. The van der Waals surface area contributed by atoms with Gasteiger partial charge in [-0.1, -0.05) is 73.1 Å². The van der Waals surface area contributed by atoms with E-state index in [0.717, 1.165) is 38.5 Å². The van der Waals surface area contributed by atoms with Crippen molar-refractivity contribution in [3.05, 3.63) is 0 Å². The van der Waals surface area contributed by atoms with Crippen LogP contribution in [0.15, 0.2) is 0 Å². The van der Waals surface area contributed by atoms with E-state index in [1.807, 2.05) is 0 Å². The van der Waals surface area contributed by atoms with Crippen molar-refractivity contribution in [1.82, 2.24) is 0 Å². The van der Waals surface area contributed by atoms with E-state index >= 15 is 0 Å². The minimum Gasteiger partial charge on any atom is -0.455 e. The predicted octanol–water partition coefficient (Wildman–Crippen LogP) is 0.710. The highest BCUT2D eigenvalue weighted by molar-refractivity contribution is 5.72. The molecule has 0 radical (unpaired) electrons. The molecule has 0 bridgehead atoms. The zero-order chi connectivity index (χ0) is 33.0. The van der Waals surface area contributed by atoms with Crippen molar-refractivity contribution >= 4 is 17.9 Å². The fourth-order valence-corrected chi connectivity index (χ4v) is 4.97. The van der Waals surface area contributed by atoms with Gasteiger partial charge in [-0.15, -0.1) is 0 Å². The van der Waals surface area contributed by atoms with Gasteiger partial charge in [-0.05, 0) is 6.42 Å². The summed E-state index contributed by atoms with van der Waals surface area (Å²) in [6.07, 6.45) is -6.06. The van der Waals surface area contributed by atoms with Gasteiger partial charge in [0.15, 0.2) is 18.3 Å². The van der Waals surface area contributed by atoms with Gasteiger partial charge in [0.2, 0.25) is 12.1 Å². The second-order valence-electron chi connectivity index (χ2n) is 12.0. The summed E-state index contributed by atoms with van der Waals surface area (Å²) in [4.78, 5) is 38.2. The second-order valence-corrected chi connectivity index (χ2v) is 12.0. The molecule has 2 fully saturated rings. The van der Waals surface area contributed by atoms with Crippen molar-refractivity contribution in [2.24, 2.45) is 11.8 Å². The number of carbonyl (C=O) groups excluding carboxylic acids is 3. The normalized spacial score (nSPS) is 32.2. The lowest BCUT2D eigenvalue weighted by Crippen LogP contribution is -2.65. The first-order valence-corrected chi connectivity index (χ1v) is 15.7. The van der Waals surface area contributed by atoms with Crippen LogP contribution in [0, 0.1) is 11.8 Å². The number of aliphatic hydroxyl groups is 5. The molecule has 0 spiro atoms.